The molecular formula is C17H25NO7S2. The number of benzene rings is 1. The van der Waals surface area contributed by atoms with Gasteiger partial charge in [0.1, 0.15) is 16.4 Å². The molecule has 0 aliphatic carbocycles. The third-order valence-corrected chi connectivity index (χ3v) is 8.69. The molecule has 2 heterocycles. The molecule has 152 valence electrons. The Morgan fingerprint density at radius 1 is 1.22 bits per heavy atom. The van der Waals surface area contributed by atoms with Crippen LogP contribution in [0.15, 0.2) is 23.1 Å². The summed E-state index contributed by atoms with van der Waals surface area (Å²) in [5.41, 5.74) is 0. The van der Waals surface area contributed by atoms with Crippen LogP contribution in [-0.4, -0.2) is 72.2 Å². The van der Waals surface area contributed by atoms with Crippen LogP contribution in [0.4, 0.5) is 0 Å². The first-order chi connectivity index (χ1) is 12.8. The van der Waals surface area contributed by atoms with Gasteiger partial charge in [-0.1, -0.05) is 0 Å². The van der Waals surface area contributed by atoms with Gasteiger partial charge in [-0.3, -0.25) is 0 Å². The fourth-order valence-electron chi connectivity index (χ4n) is 3.55. The van der Waals surface area contributed by atoms with Crippen LogP contribution in [0, 0.1) is 0 Å². The SMILES string of the molecule is COc1ccc(S(=O)(=O)N(C[C@@H]2CCCO2)[C@@H]2CCS(=O)(=O)C2)c(OC)c1. The molecule has 0 aromatic heterocycles. The van der Waals surface area contributed by atoms with Crippen LogP contribution in [0.1, 0.15) is 19.3 Å². The molecule has 0 bridgehead atoms. The van der Waals surface area contributed by atoms with Crippen molar-refractivity contribution < 1.29 is 31.0 Å². The molecule has 2 aliphatic rings. The van der Waals surface area contributed by atoms with E-state index in [1.54, 1.807) is 6.07 Å². The third kappa shape index (κ3) is 4.39. The Morgan fingerprint density at radius 2 is 2.00 bits per heavy atom. The lowest BCUT2D eigenvalue weighted by Crippen LogP contribution is -2.45. The second kappa shape index (κ2) is 7.94. The normalized spacial score (nSPS) is 25.0. The lowest BCUT2D eigenvalue weighted by Gasteiger charge is -2.30. The second-order valence-corrected chi connectivity index (χ2v) is 10.9. The highest BCUT2D eigenvalue weighted by molar-refractivity contribution is 7.92. The summed E-state index contributed by atoms with van der Waals surface area (Å²) >= 11 is 0. The Bertz CT molecular complexity index is 877. The summed E-state index contributed by atoms with van der Waals surface area (Å²) in [6.07, 6.45) is 1.68. The molecule has 0 unspecified atom stereocenters. The monoisotopic (exact) mass is 419 g/mol. The third-order valence-electron chi connectivity index (χ3n) is 4.98. The van der Waals surface area contributed by atoms with E-state index in [1.807, 2.05) is 0 Å². The lowest BCUT2D eigenvalue weighted by atomic mass is 10.2. The molecule has 0 radical (unpaired) electrons. The average molecular weight is 420 g/mol. The van der Waals surface area contributed by atoms with E-state index in [0.29, 0.717) is 12.4 Å². The van der Waals surface area contributed by atoms with E-state index in [0.717, 1.165) is 12.8 Å². The van der Waals surface area contributed by atoms with Crippen molar-refractivity contribution in [3.63, 3.8) is 0 Å². The van der Waals surface area contributed by atoms with Gasteiger partial charge in [0, 0.05) is 25.3 Å². The number of ether oxygens (including phenoxy) is 3. The molecule has 0 spiro atoms. The summed E-state index contributed by atoms with van der Waals surface area (Å²) in [5.74, 6) is 0.458. The van der Waals surface area contributed by atoms with Crippen molar-refractivity contribution in [2.45, 2.75) is 36.3 Å². The van der Waals surface area contributed by atoms with Crippen molar-refractivity contribution >= 4 is 19.9 Å². The maximum atomic E-state index is 13.5. The van der Waals surface area contributed by atoms with Crippen LogP contribution < -0.4 is 9.47 Å². The molecule has 3 rings (SSSR count). The van der Waals surface area contributed by atoms with Gasteiger partial charge in [-0.15, -0.1) is 0 Å². The Hall–Kier alpha value is -1.36. The topological polar surface area (TPSA) is 99.2 Å². The molecule has 1 aromatic carbocycles. The maximum absolute atomic E-state index is 13.5. The first-order valence-corrected chi connectivity index (χ1v) is 12.1. The minimum Gasteiger partial charge on any atom is -0.497 e. The van der Waals surface area contributed by atoms with Gasteiger partial charge in [0.25, 0.3) is 0 Å². The molecule has 2 atom stereocenters. The quantitative estimate of drug-likeness (QED) is 0.652. The minimum atomic E-state index is -3.98. The predicted octanol–water partition coefficient (Wildman–Crippen LogP) is 1.06. The van der Waals surface area contributed by atoms with E-state index in [2.05, 4.69) is 0 Å². The average Bonchev–Trinajstić information content (AvgIpc) is 3.27. The summed E-state index contributed by atoms with van der Waals surface area (Å²) in [5, 5.41) is 0. The lowest BCUT2D eigenvalue weighted by molar-refractivity contribution is 0.0876. The van der Waals surface area contributed by atoms with Crippen LogP contribution >= 0.6 is 0 Å². The fraction of sp³-hybridized carbons (Fsp3) is 0.647. The van der Waals surface area contributed by atoms with Crippen molar-refractivity contribution in [1.82, 2.24) is 4.31 Å². The van der Waals surface area contributed by atoms with E-state index in [4.69, 9.17) is 14.2 Å². The van der Waals surface area contributed by atoms with E-state index in [-0.39, 0.29) is 41.2 Å². The zero-order valence-electron chi connectivity index (χ0n) is 15.5. The van der Waals surface area contributed by atoms with Crippen LogP contribution in [0.25, 0.3) is 0 Å². The molecule has 2 saturated heterocycles. The van der Waals surface area contributed by atoms with Crippen LogP contribution in [0.3, 0.4) is 0 Å². The Labute approximate surface area is 160 Å². The molecular weight excluding hydrogens is 394 g/mol. The summed E-state index contributed by atoms with van der Waals surface area (Å²) in [6, 6.07) is 3.88. The van der Waals surface area contributed by atoms with Crippen molar-refractivity contribution in [3.05, 3.63) is 18.2 Å². The summed E-state index contributed by atoms with van der Waals surface area (Å²) < 4.78 is 68.1. The molecule has 2 aliphatic heterocycles. The Kier molecular flexibility index (Phi) is 5.99. The molecule has 8 nitrogen and oxygen atoms in total. The number of nitrogens with zero attached hydrogens (tertiary/aromatic N) is 1. The Morgan fingerprint density at radius 3 is 2.56 bits per heavy atom. The molecule has 10 heteroatoms. The number of sulfone groups is 1. The van der Waals surface area contributed by atoms with Gasteiger partial charge >= 0.3 is 0 Å². The van der Waals surface area contributed by atoms with Gasteiger partial charge in [-0.05, 0) is 31.4 Å². The van der Waals surface area contributed by atoms with Gasteiger partial charge in [-0.2, -0.15) is 4.31 Å². The predicted molar refractivity (Wildman–Crippen MR) is 99.5 cm³/mol. The van der Waals surface area contributed by atoms with E-state index >= 15 is 0 Å². The van der Waals surface area contributed by atoms with Gasteiger partial charge in [-0.25, -0.2) is 16.8 Å². The van der Waals surface area contributed by atoms with Gasteiger partial charge < -0.3 is 14.2 Å². The van der Waals surface area contributed by atoms with Crippen molar-refractivity contribution in [3.8, 4) is 11.5 Å². The summed E-state index contributed by atoms with van der Waals surface area (Å²) in [4.78, 5) is -0.00639. The highest BCUT2D eigenvalue weighted by Gasteiger charge is 2.41. The van der Waals surface area contributed by atoms with Crippen molar-refractivity contribution in [2.24, 2.45) is 0 Å². The highest BCUT2D eigenvalue weighted by atomic mass is 32.2. The standard InChI is InChI=1S/C17H25NO7S2/c1-23-14-5-6-17(16(10-14)24-2)27(21,22)18(11-15-4-3-8-25-15)13-7-9-26(19,20)12-13/h5-6,10,13,15H,3-4,7-9,11-12H2,1-2H3/t13-,15+/m1/s1. The largest absolute Gasteiger partial charge is 0.497 e. The number of sulfonamides is 1. The molecule has 2 fully saturated rings. The van der Waals surface area contributed by atoms with Crippen LogP contribution in [0.5, 0.6) is 11.5 Å². The van der Waals surface area contributed by atoms with E-state index in [1.165, 1.54) is 30.7 Å². The zero-order valence-corrected chi connectivity index (χ0v) is 17.1. The molecule has 0 N–H and O–H groups in total. The van der Waals surface area contributed by atoms with Gasteiger partial charge in [0.15, 0.2) is 9.84 Å². The maximum Gasteiger partial charge on any atom is 0.247 e. The number of hydrogen-bond donors (Lipinski definition) is 0. The first-order valence-electron chi connectivity index (χ1n) is 8.83. The zero-order chi connectivity index (χ0) is 19.7. The van der Waals surface area contributed by atoms with E-state index < -0.39 is 25.9 Å². The van der Waals surface area contributed by atoms with Gasteiger partial charge in [0.2, 0.25) is 10.0 Å². The fourth-order valence-corrected chi connectivity index (χ4v) is 7.20. The Balaban J connectivity index is 1.99. The second-order valence-electron chi connectivity index (χ2n) is 6.78. The number of hydrogen-bond acceptors (Lipinski definition) is 7. The van der Waals surface area contributed by atoms with E-state index in [9.17, 15) is 16.8 Å². The van der Waals surface area contributed by atoms with Gasteiger partial charge in [0.05, 0.1) is 31.8 Å². The summed E-state index contributed by atoms with van der Waals surface area (Å²) in [6.45, 7) is 0.727. The van der Waals surface area contributed by atoms with Crippen LogP contribution in [0.2, 0.25) is 0 Å². The molecule has 27 heavy (non-hydrogen) atoms. The summed E-state index contributed by atoms with van der Waals surface area (Å²) in [7, 11) is -4.35. The van der Waals surface area contributed by atoms with Crippen LogP contribution in [-0.2, 0) is 24.6 Å². The highest BCUT2D eigenvalue weighted by Crippen LogP contribution is 2.34. The van der Waals surface area contributed by atoms with Crippen molar-refractivity contribution in [2.75, 3.05) is 38.9 Å². The molecule has 1 aromatic rings. The van der Waals surface area contributed by atoms with Crippen molar-refractivity contribution in [1.29, 1.82) is 0 Å². The number of rotatable bonds is 7. The number of methoxy groups -OCH3 is 2. The molecule has 0 saturated carbocycles. The minimum absolute atomic E-state index is 0.00500. The smallest absolute Gasteiger partial charge is 0.247 e. The first kappa shape index (κ1) is 20.4. The molecule has 0 amide bonds.